The molecule has 1 N–H and O–H groups in total. The minimum absolute atomic E-state index is 0.00914. The molecule has 3 aromatic rings. The van der Waals surface area contributed by atoms with E-state index < -0.39 is 26.8 Å². The van der Waals surface area contributed by atoms with Gasteiger partial charge in [-0.05, 0) is 55.7 Å². The monoisotopic (exact) mass is 429 g/mol. The fraction of sp³-hybridized carbons (Fsp3) is 0.333. The Hall–Kier alpha value is -2.91. The zero-order valence-corrected chi connectivity index (χ0v) is 17.8. The third-order valence-corrected chi connectivity index (χ3v) is 7.14. The number of hydrogen-bond donors (Lipinski definition) is 1. The Balaban J connectivity index is 1.83. The second-order valence-corrected chi connectivity index (χ2v) is 9.61. The highest BCUT2D eigenvalue weighted by Crippen LogP contribution is 2.36. The SMILES string of the molecule is COc1ccc(Cn2c(=O)n(C)c(=O)c3cc(S(=O)(=O)NC4(C)CC4)ccc32)cc1. The van der Waals surface area contributed by atoms with Gasteiger partial charge in [0.05, 0.1) is 29.5 Å². The molecule has 0 spiro atoms. The number of aromatic nitrogens is 2. The molecular weight excluding hydrogens is 406 g/mol. The summed E-state index contributed by atoms with van der Waals surface area (Å²) in [6, 6.07) is 11.5. The Morgan fingerprint density at radius 1 is 1.10 bits per heavy atom. The molecule has 0 atom stereocenters. The highest BCUT2D eigenvalue weighted by Gasteiger charge is 2.41. The summed E-state index contributed by atoms with van der Waals surface area (Å²) in [5.41, 5.74) is -0.196. The first-order valence-corrected chi connectivity index (χ1v) is 11.0. The zero-order chi connectivity index (χ0) is 21.7. The Kier molecular flexibility index (Phi) is 4.82. The van der Waals surface area contributed by atoms with Crippen molar-refractivity contribution in [1.29, 1.82) is 0 Å². The molecule has 0 radical (unpaired) electrons. The van der Waals surface area contributed by atoms with Gasteiger partial charge in [0.15, 0.2) is 0 Å². The van der Waals surface area contributed by atoms with E-state index >= 15 is 0 Å². The molecule has 1 fully saturated rings. The lowest BCUT2D eigenvalue weighted by atomic mass is 10.2. The number of sulfonamides is 1. The molecule has 1 aromatic heterocycles. The van der Waals surface area contributed by atoms with E-state index in [2.05, 4.69) is 4.72 Å². The first kappa shape index (κ1) is 20.4. The van der Waals surface area contributed by atoms with Crippen molar-refractivity contribution in [2.24, 2.45) is 7.05 Å². The van der Waals surface area contributed by atoms with Gasteiger partial charge < -0.3 is 4.74 Å². The molecule has 30 heavy (non-hydrogen) atoms. The van der Waals surface area contributed by atoms with E-state index in [0.717, 1.165) is 23.0 Å². The number of benzene rings is 2. The summed E-state index contributed by atoms with van der Waals surface area (Å²) in [6.07, 6.45) is 1.56. The molecular formula is C21H23N3O5S. The number of nitrogens with one attached hydrogen (secondary N) is 1. The second kappa shape index (κ2) is 7.10. The molecule has 158 valence electrons. The van der Waals surface area contributed by atoms with E-state index in [1.54, 1.807) is 19.2 Å². The number of hydrogen-bond acceptors (Lipinski definition) is 5. The van der Waals surface area contributed by atoms with Crippen molar-refractivity contribution in [3.05, 3.63) is 68.9 Å². The average molecular weight is 429 g/mol. The maximum absolute atomic E-state index is 12.8. The van der Waals surface area contributed by atoms with E-state index in [0.29, 0.717) is 11.3 Å². The Morgan fingerprint density at radius 2 is 1.77 bits per heavy atom. The van der Waals surface area contributed by atoms with Gasteiger partial charge in [0.25, 0.3) is 5.56 Å². The van der Waals surface area contributed by atoms with Crippen LogP contribution in [0.5, 0.6) is 5.75 Å². The average Bonchev–Trinajstić information content (AvgIpc) is 3.45. The number of fused-ring (bicyclic) bond motifs is 1. The van der Waals surface area contributed by atoms with Gasteiger partial charge in [-0.2, -0.15) is 0 Å². The van der Waals surface area contributed by atoms with Gasteiger partial charge >= 0.3 is 5.69 Å². The van der Waals surface area contributed by atoms with Gasteiger partial charge in [-0.15, -0.1) is 0 Å². The van der Waals surface area contributed by atoms with Gasteiger partial charge in [0, 0.05) is 12.6 Å². The van der Waals surface area contributed by atoms with Gasteiger partial charge in [-0.3, -0.25) is 13.9 Å². The molecule has 0 aliphatic heterocycles. The number of rotatable bonds is 6. The fourth-order valence-corrected chi connectivity index (χ4v) is 4.87. The molecule has 1 saturated carbocycles. The highest BCUT2D eigenvalue weighted by molar-refractivity contribution is 7.89. The van der Waals surface area contributed by atoms with Crippen LogP contribution in [0.15, 0.2) is 56.9 Å². The summed E-state index contributed by atoms with van der Waals surface area (Å²) in [7, 11) is -0.804. The van der Waals surface area contributed by atoms with Crippen molar-refractivity contribution in [1.82, 2.24) is 13.9 Å². The van der Waals surface area contributed by atoms with Crippen LogP contribution in [0.4, 0.5) is 0 Å². The third kappa shape index (κ3) is 3.66. The smallest absolute Gasteiger partial charge is 0.331 e. The van der Waals surface area contributed by atoms with E-state index in [1.165, 1.54) is 29.8 Å². The third-order valence-electron chi connectivity index (χ3n) is 5.50. The van der Waals surface area contributed by atoms with Crippen molar-refractivity contribution in [3.8, 4) is 5.75 Å². The molecule has 9 heteroatoms. The topological polar surface area (TPSA) is 99.4 Å². The molecule has 0 saturated heterocycles. The van der Waals surface area contributed by atoms with Crippen LogP contribution in [-0.4, -0.2) is 30.2 Å². The van der Waals surface area contributed by atoms with Crippen LogP contribution < -0.4 is 20.7 Å². The van der Waals surface area contributed by atoms with Crippen molar-refractivity contribution < 1.29 is 13.2 Å². The predicted octanol–water partition coefficient (Wildman–Crippen LogP) is 1.59. The Bertz CT molecular complexity index is 1350. The maximum Gasteiger partial charge on any atom is 0.331 e. The number of methoxy groups -OCH3 is 1. The minimum atomic E-state index is -3.77. The minimum Gasteiger partial charge on any atom is -0.497 e. The van der Waals surface area contributed by atoms with E-state index in [4.69, 9.17) is 4.74 Å². The summed E-state index contributed by atoms with van der Waals surface area (Å²) in [5.74, 6) is 0.697. The van der Waals surface area contributed by atoms with Crippen LogP contribution in [-0.2, 0) is 23.6 Å². The molecule has 1 aliphatic carbocycles. The largest absolute Gasteiger partial charge is 0.497 e. The van der Waals surface area contributed by atoms with Gasteiger partial charge in [0.1, 0.15) is 5.75 Å². The molecule has 4 rings (SSSR count). The molecule has 0 unspecified atom stereocenters. The Morgan fingerprint density at radius 3 is 2.37 bits per heavy atom. The van der Waals surface area contributed by atoms with Gasteiger partial charge in [-0.25, -0.2) is 17.9 Å². The van der Waals surface area contributed by atoms with Crippen LogP contribution in [0, 0.1) is 0 Å². The summed E-state index contributed by atoms with van der Waals surface area (Å²) in [6.45, 7) is 2.08. The highest BCUT2D eigenvalue weighted by atomic mass is 32.2. The van der Waals surface area contributed by atoms with Crippen LogP contribution in [0.2, 0.25) is 0 Å². The zero-order valence-electron chi connectivity index (χ0n) is 17.0. The van der Waals surface area contributed by atoms with Crippen molar-refractivity contribution >= 4 is 20.9 Å². The molecule has 1 aliphatic rings. The summed E-state index contributed by atoms with van der Waals surface area (Å²) in [5, 5.41) is 0.175. The van der Waals surface area contributed by atoms with Crippen molar-refractivity contribution in [3.63, 3.8) is 0 Å². The van der Waals surface area contributed by atoms with E-state index in [9.17, 15) is 18.0 Å². The predicted molar refractivity (Wildman–Crippen MR) is 114 cm³/mol. The molecule has 8 nitrogen and oxygen atoms in total. The van der Waals surface area contributed by atoms with Crippen LogP contribution >= 0.6 is 0 Å². The second-order valence-electron chi connectivity index (χ2n) is 7.93. The quantitative estimate of drug-likeness (QED) is 0.642. The standard InChI is InChI=1S/C21H23N3O5S/c1-21(10-11-21)22-30(27,28)16-8-9-18-17(12-16)19(25)23(2)20(26)24(18)13-14-4-6-15(29-3)7-5-14/h4-9,12,22H,10-11,13H2,1-3H3. The first-order chi connectivity index (χ1) is 14.1. The molecule has 0 bridgehead atoms. The first-order valence-electron chi connectivity index (χ1n) is 9.54. The lowest BCUT2D eigenvalue weighted by Crippen LogP contribution is -2.38. The molecule has 2 aromatic carbocycles. The van der Waals surface area contributed by atoms with Crippen molar-refractivity contribution in [2.75, 3.05) is 7.11 Å². The number of ether oxygens (including phenoxy) is 1. The van der Waals surface area contributed by atoms with Crippen LogP contribution in [0.25, 0.3) is 10.9 Å². The summed E-state index contributed by atoms with van der Waals surface area (Å²) in [4.78, 5) is 25.5. The van der Waals surface area contributed by atoms with E-state index in [-0.39, 0.29) is 16.8 Å². The Labute approximate surface area is 173 Å². The fourth-order valence-electron chi connectivity index (χ4n) is 3.38. The van der Waals surface area contributed by atoms with Crippen molar-refractivity contribution in [2.45, 2.75) is 36.7 Å². The van der Waals surface area contributed by atoms with Crippen LogP contribution in [0.1, 0.15) is 25.3 Å². The van der Waals surface area contributed by atoms with Gasteiger partial charge in [0.2, 0.25) is 10.0 Å². The normalized spacial score (nSPS) is 15.3. The lowest BCUT2D eigenvalue weighted by Gasteiger charge is -2.15. The van der Waals surface area contributed by atoms with Crippen LogP contribution in [0.3, 0.4) is 0 Å². The number of nitrogens with zero attached hydrogens (tertiary/aromatic N) is 2. The summed E-state index contributed by atoms with van der Waals surface area (Å²) >= 11 is 0. The van der Waals surface area contributed by atoms with Gasteiger partial charge in [-0.1, -0.05) is 12.1 Å². The molecule has 0 amide bonds. The lowest BCUT2D eigenvalue weighted by molar-refractivity contribution is 0.414. The maximum atomic E-state index is 12.8. The molecule has 1 heterocycles. The summed E-state index contributed by atoms with van der Waals surface area (Å²) < 4.78 is 35.8. The van der Waals surface area contributed by atoms with E-state index in [1.807, 2.05) is 19.1 Å².